The Morgan fingerprint density at radius 3 is 2.51 bits per heavy atom. The van der Waals surface area contributed by atoms with Crippen LogP contribution in [0.15, 0.2) is 66.3 Å². The summed E-state index contributed by atoms with van der Waals surface area (Å²) in [6.07, 6.45) is 2.14. The van der Waals surface area contributed by atoms with Gasteiger partial charge < -0.3 is 19.9 Å². The fraction of sp³-hybridized carbons (Fsp3) is 0.217. The number of thioether (sulfide) groups is 1. The lowest BCUT2D eigenvalue weighted by Crippen LogP contribution is -2.26. The number of amides is 2. The van der Waals surface area contributed by atoms with Crippen LogP contribution < -0.4 is 15.4 Å². The third-order valence-electron chi connectivity index (χ3n) is 4.79. The van der Waals surface area contributed by atoms with Gasteiger partial charge in [-0.3, -0.25) is 19.7 Å². The number of nitrogens with zero attached hydrogens (tertiary/aromatic N) is 4. The normalized spacial score (nSPS) is 10.4. The van der Waals surface area contributed by atoms with Crippen molar-refractivity contribution in [3.05, 3.63) is 82.7 Å². The number of allylic oxidation sites excluding steroid dienone is 1. The molecule has 0 spiro atoms. The zero-order valence-electron chi connectivity index (χ0n) is 19.0. The van der Waals surface area contributed by atoms with Gasteiger partial charge in [0.15, 0.2) is 5.16 Å². The smallest absolute Gasteiger partial charge is 0.269 e. The maximum Gasteiger partial charge on any atom is 0.269 e. The van der Waals surface area contributed by atoms with Crippen LogP contribution in [0.25, 0.3) is 0 Å². The number of ether oxygens (including phenoxy) is 1. The lowest BCUT2D eigenvalue weighted by Gasteiger charge is -2.09. The van der Waals surface area contributed by atoms with Crippen molar-refractivity contribution in [3.63, 3.8) is 0 Å². The van der Waals surface area contributed by atoms with Gasteiger partial charge in [0.1, 0.15) is 11.6 Å². The summed E-state index contributed by atoms with van der Waals surface area (Å²) in [6.45, 7) is 4.56. The first-order valence-corrected chi connectivity index (χ1v) is 11.5. The van der Waals surface area contributed by atoms with Gasteiger partial charge in [0.05, 0.1) is 17.8 Å². The van der Waals surface area contributed by atoms with E-state index in [9.17, 15) is 19.7 Å². The van der Waals surface area contributed by atoms with E-state index in [1.165, 1.54) is 36.0 Å². The van der Waals surface area contributed by atoms with Gasteiger partial charge in [0.2, 0.25) is 5.91 Å². The molecule has 0 fully saturated rings. The Hall–Kier alpha value is -4.19. The van der Waals surface area contributed by atoms with E-state index < -0.39 is 4.92 Å². The highest BCUT2D eigenvalue weighted by Gasteiger charge is 2.15. The largest absolute Gasteiger partial charge is 0.497 e. The van der Waals surface area contributed by atoms with Crippen molar-refractivity contribution in [3.8, 4) is 5.75 Å². The molecule has 3 rings (SSSR count). The maximum atomic E-state index is 12.3. The van der Waals surface area contributed by atoms with Crippen molar-refractivity contribution in [2.45, 2.75) is 18.1 Å². The molecular formula is C23H24N6O5S. The second-order valence-corrected chi connectivity index (χ2v) is 8.12. The number of non-ortho nitro benzene ring substituents is 1. The van der Waals surface area contributed by atoms with E-state index in [4.69, 9.17) is 4.74 Å². The molecule has 0 aliphatic carbocycles. The van der Waals surface area contributed by atoms with Gasteiger partial charge in [-0.15, -0.1) is 16.8 Å². The summed E-state index contributed by atoms with van der Waals surface area (Å²) < 4.78 is 6.93. The molecule has 1 heterocycles. The minimum Gasteiger partial charge on any atom is -0.497 e. The van der Waals surface area contributed by atoms with Crippen LogP contribution in [0.2, 0.25) is 0 Å². The average Bonchev–Trinajstić information content (AvgIpc) is 3.24. The molecular weight excluding hydrogens is 472 g/mol. The molecule has 2 aromatic carbocycles. The minimum atomic E-state index is -0.504. The lowest BCUT2D eigenvalue weighted by molar-refractivity contribution is -0.384. The van der Waals surface area contributed by atoms with Crippen molar-refractivity contribution in [2.75, 3.05) is 24.7 Å². The molecule has 0 saturated heterocycles. The van der Waals surface area contributed by atoms with E-state index in [0.29, 0.717) is 47.5 Å². The molecule has 11 nitrogen and oxygen atoms in total. The Bertz CT molecular complexity index is 1190. The molecule has 0 radical (unpaired) electrons. The summed E-state index contributed by atoms with van der Waals surface area (Å²) in [5, 5.41) is 25.2. The summed E-state index contributed by atoms with van der Waals surface area (Å²) in [5.74, 6) is 0.898. The first-order chi connectivity index (χ1) is 16.9. The Balaban J connectivity index is 1.53. The molecule has 0 aliphatic rings. The molecule has 0 saturated carbocycles. The van der Waals surface area contributed by atoms with E-state index >= 15 is 0 Å². The van der Waals surface area contributed by atoms with Crippen LogP contribution in [0.3, 0.4) is 0 Å². The highest BCUT2D eigenvalue weighted by molar-refractivity contribution is 7.99. The van der Waals surface area contributed by atoms with Gasteiger partial charge in [0, 0.05) is 42.9 Å². The van der Waals surface area contributed by atoms with Crippen LogP contribution in [-0.4, -0.2) is 50.9 Å². The van der Waals surface area contributed by atoms with Gasteiger partial charge in [-0.1, -0.05) is 17.8 Å². The quantitative estimate of drug-likeness (QED) is 0.169. The number of hydrogen-bond donors (Lipinski definition) is 2. The number of carbonyl (C=O) groups excluding carboxylic acids is 2. The van der Waals surface area contributed by atoms with Gasteiger partial charge >= 0.3 is 0 Å². The molecule has 0 unspecified atom stereocenters. The zero-order valence-corrected chi connectivity index (χ0v) is 19.8. The molecule has 0 atom stereocenters. The highest BCUT2D eigenvalue weighted by Crippen LogP contribution is 2.19. The topological polar surface area (TPSA) is 141 Å². The number of hydrogen-bond acceptors (Lipinski definition) is 8. The predicted molar refractivity (Wildman–Crippen MR) is 132 cm³/mol. The monoisotopic (exact) mass is 496 g/mol. The Kier molecular flexibility index (Phi) is 8.95. The Morgan fingerprint density at radius 2 is 1.89 bits per heavy atom. The molecule has 3 aromatic rings. The molecule has 0 bridgehead atoms. The van der Waals surface area contributed by atoms with E-state index in [1.807, 2.05) is 4.57 Å². The number of anilines is 1. The van der Waals surface area contributed by atoms with Crippen LogP contribution in [0.5, 0.6) is 5.75 Å². The zero-order chi connectivity index (χ0) is 25.2. The summed E-state index contributed by atoms with van der Waals surface area (Å²) >= 11 is 1.21. The van der Waals surface area contributed by atoms with Gasteiger partial charge in [0.25, 0.3) is 11.6 Å². The second kappa shape index (κ2) is 12.3. The van der Waals surface area contributed by atoms with Gasteiger partial charge in [-0.05, 0) is 36.4 Å². The SMILES string of the molecule is C=CCn1c(CCNC(=O)c2ccc(OC)cc2)nnc1SCC(=O)Nc1ccc([N+](=O)[O-])cc1. The van der Waals surface area contributed by atoms with Crippen LogP contribution >= 0.6 is 11.8 Å². The fourth-order valence-corrected chi connectivity index (χ4v) is 3.82. The molecule has 1 aromatic heterocycles. The number of rotatable bonds is 12. The predicted octanol–water partition coefficient (Wildman–Crippen LogP) is 3.08. The van der Waals surface area contributed by atoms with Crippen molar-refractivity contribution < 1.29 is 19.2 Å². The molecule has 2 amide bonds. The van der Waals surface area contributed by atoms with E-state index in [1.54, 1.807) is 37.5 Å². The van der Waals surface area contributed by atoms with Crippen molar-refractivity contribution in [1.29, 1.82) is 0 Å². The van der Waals surface area contributed by atoms with Crippen molar-refractivity contribution >= 4 is 35.0 Å². The number of aromatic nitrogens is 3. The summed E-state index contributed by atoms with van der Waals surface area (Å²) in [6, 6.07) is 12.4. The minimum absolute atomic E-state index is 0.0531. The number of nitro benzene ring substituents is 1. The first-order valence-electron chi connectivity index (χ1n) is 10.5. The third kappa shape index (κ3) is 7.14. The number of benzene rings is 2. The Labute approximate surface area is 205 Å². The summed E-state index contributed by atoms with van der Waals surface area (Å²) in [5.41, 5.74) is 0.929. The van der Waals surface area contributed by atoms with Crippen LogP contribution in [0, 0.1) is 10.1 Å². The molecule has 35 heavy (non-hydrogen) atoms. The second-order valence-electron chi connectivity index (χ2n) is 7.17. The van der Waals surface area contributed by atoms with E-state index in [2.05, 4.69) is 27.4 Å². The molecule has 182 valence electrons. The molecule has 2 N–H and O–H groups in total. The van der Waals surface area contributed by atoms with Crippen LogP contribution in [0.1, 0.15) is 16.2 Å². The van der Waals surface area contributed by atoms with Crippen molar-refractivity contribution in [2.24, 2.45) is 0 Å². The number of carbonyl (C=O) groups is 2. The number of nitrogens with one attached hydrogen (secondary N) is 2. The van der Waals surface area contributed by atoms with Crippen LogP contribution in [-0.2, 0) is 17.8 Å². The highest BCUT2D eigenvalue weighted by atomic mass is 32.2. The van der Waals surface area contributed by atoms with Gasteiger partial charge in [-0.25, -0.2) is 0 Å². The third-order valence-corrected chi connectivity index (χ3v) is 5.75. The Morgan fingerprint density at radius 1 is 1.17 bits per heavy atom. The van der Waals surface area contributed by atoms with E-state index in [-0.39, 0.29) is 23.3 Å². The summed E-state index contributed by atoms with van der Waals surface area (Å²) in [7, 11) is 1.56. The van der Waals surface area contributed by atoms with Crippen molar-refractivity contribution in [1.82, 2.24) is 20.1 Å². The lowest BCUT2D eigenvalue weighted by atomic mass is 10.2. The summed E-state index contributed by atoms with van der Waals surface area (Å²) in [4.78, 5) is 34.9. The molecule has 0 aliphatic heterocycles. The maximum absolute atomic E-state index is 12.3. The van der Waals surface area contributed by atoms with Crippen LogP contribution in [0.4, 0.5) is 11.4 Å². The first kappa shape index (κ1) is 25.4. The molecule has 12 heteroatoms. The van der Waals surface area contributed by atoms with E-state index in [0.717, 1.165) is 0 Å². The average molecular weight is 497 g/mol. The standard InChI is InChI=1S/C23H24N6O5S/c1-3-14-28-20(12-13-24-22(31)16-4-10-19(34-2)11-5-16)26-27-23(28)35-15-21(30)25-17-6-8-18(9-7-17)29(32)33/h3-11H,1,12-15H2,2H3,(H,24,31)(H,25,30). The number of methoxy groups -OCH3 is 1. The van der Waals surface area contributed by atoms with Gasteiger partial charge in [-0.2, -0.15) is 0 Å². The fourth-order valence-electron chi connectivity index (χ4n) is 3.05. The number of nitro groups is 1.